The molecule has 0 aromatic heterocycles. The Kier molecular flexibility index (Phi) is 33.1. The number of aliphatic hydroxyl groups excluding tert-OH is 2. The molecular weight excluding hydrogens is 612 g/mol. The summed E-state index contributed by atoms with van der Waals surface area (Å²) in [5.41, 5.74) is 0. The van der Waals surface area contributed by atoms with Crippen molar-refractivity contribution in [1.29, 1.82) is 0 Å². The van der Waals surface area contributed by atoms with E-state index in [1.807, 2.05) is 0 Å². The van der Waals surface area contributed by atoms with Gasteiger partial charge in [0.1, 0.15) is 13.1 Å². The van der Waals surface area contributed by atoms with Gasteiger partial charge >= 0.3 is 49.7 Å². The molecule has 0 bridgehead atoms. The predicted molar refractivity (Wildman–Crippen MR) is 170 cm³/mol. The fourth-order valence-electron chi connectivity index (χ4n) is 4.90. The maximum absolute atomic E-state index is 10.8. The molecule has 0 aromatic carbocycles. The molecule has 0 aromatic rings. The smallest absolute Gasteiger partial charge is 0.550 e. The van der Waals surface area contributed by atoms with Gasteiger partial charge in [-0.3, -0.25) is 9.59 Å². The van der Waals surface area contributed by atoms with Gasteiger partial charge in [0.15, 0.2) is 0 Å². The fourth-order valence-corrected chi connectivity index (χ4v) is 4.90. The first-order valence-electron chi connectivity index (χ1n) is 16.0. The Morgan fingerprint density at radius 1 is 0.533 bits per heavy atom. The number of allylic oxidation sites excluding steroid dienone is 2. The van der Waals surface area contributed by atoms with Gasteiger partial charge in [-0.2, -0.15) is 0 Å². The quantitative estimate of drug-likeness (QED) is 0.0399. The van der Waals surface area contributed by atoms with Crippen LogP contribution in [0.3, 0.4) is 0 Å². The Hall–Kier alpha value is -1.54. The first kappa shape index (κ1) is 47.9. The van der Waals surface area contributed by atoms with Gasteiger partial charge in [0.05, 0.1) is 65.3 Å². The molecule has 2 unspecified atom stereocenters. The van der Waals surface area contributed by atoms with E-state index in [0.29, 0.717) is 61.3 Å². The van der Waals surface area contributed by atoms with Crippen LogP contribution in [-0.2, 0) is 19.2 Å². The molecule has 4 N–H and O–H groups in total. The zero-order valence-electron chi connectivity index (χ0n) is 27.7. The number of unbranched alkanes of at least 4 members (excludes halogenated alkanes) is 4. The molecule has 0 radical (unpaired) electrons. The molecule has 0 rings (SSSR count). The number of carbonyl (C=O) groups excluding carboxylic acids is 2. The first-order chi connectivity index (χ1) is 20.9. The van der Waals surface area contributed by atoms with Gasteiger partial charge in [0, 0.05) is 37.6 Å². The molecule has 0 fully saturated rings. The van der Waals surface area contributed by atoms with Crippen LogP contribution >= 0.6 is 0 Å². The van der Waals surface area contributed by atoms with Crippen LogP contribution in [-0.4, -0.2) is 157 Å². The Balaban J connectivity index is -0.000000767. The third-order valence-electron chi connectivity index (χ3n) is 7.65. The second-order valence-corrected chi connectivity index (χ2v) is 11.3. The van der Waals surface area contributed by atoms with Gasteiger partial charge in [-0.25, -0.2) is 0 Å². The number of nitrogens with zero attached hydrogens (tertiary/aromatic N) is 2. The SMILES string of the molecule is CCCC/C=C/CC[N+](CCO)(CCC(=O)[O-])CCC(=O)O.CCCC/C=C/CC[N+](CCO)(CCC(=O)[O-])CCC(=O)O.[Ca+2]. The minimum absolute atomic E-state index is 0. The van der Waals surface area contributed by atoms with Crippen molar-refractivity contribution in [3.8, 4) is 0 Å². The van der Waals surface area contributed by atoms with Gasteiger partial charge in [-0.15, -0.1) is 0 Å². The number of carboxylic acid groups (broad SMARTS) is 4. The number of hydrogen-bond acceptors (Lipinski definition) is 8. The van der Waals surface area contributed by atoms with Gasteiger partial charge in [0.2, 0.25) is 0 Å². The Labute approximate surface area is 299 Å². The van der Waals surface area contributed by atoms with Crippen molar-refractivity contribution < 1.29 is 58.8 Å². The van der Waals surface area contributed by atoms with Crippen LogP contribution in [0.25, 0.3) is 0 Å². The summed E-state index contributed by atoms with van der Waals surface area (Å²) in [5.74, 6) is -4.11. The molecule has 0 aliphatic carbocycles. The maximum Gasteiger partial charge on any atom is 2.00 e. The molecule has 0 amide bonds. The van der Waals surface area contributed by atoms with E-state index in [1.165, 1.54) is 0 Å². The Bertz CT molecular complexity index is 748. The number of carbonyl (C=O) groups is 4. The number of carboxylic acids is 4. The molecule has 0 saturated carbocycles. The number of hydrogen-bond donors (Lipinski definition) is 4. The molecule has 0 saturated heterocycles. The van der Waals surface area contributed by atoms with Gasteiger partial charge < -0.3 is 49.2 Å². The minimum atomic E-state index is -1.14. The number of aliphatic carboxylic acids is 4. The third-order valence-corrected chi connectivity index (χ3v) is 7.65. The van der Waals surface area contributed by atoms with Crippen LogP contribution < -0.4 is 10.2 Å². The van der Waals surface area contributed by atoms with Crippen molar-refractivity contribution in [2.24, 2.45) is 0 Å². The van der Waals surface area contributed by atoms with E-state index in [0.717, 1.165) is 51.4 Å². The standard InChI is InChI=1S/2C16H29NO5.Ca/c2*1-2-3-4-5-6-7-10-17(13-14-18,11-8-15(19)20)12-9-16(21)22;/h2*5-6,18H,2-4,7-14H2,1H3,(H-,19,20,21,22);/q;;+2/b2*6-5+;. The van der Waals surface area contributed by atoms with Gasteiger partial charge in [0.25, 0.3) is 0 Å². The largest absolute Gasteiger partial charge is 2.00 e. The fraction of sp³-hybridized carbons (Fsp3) is 0.750. The van der Waals surface area contributed by atoms with E-state index >= 15 is 0 Å². The van der Waals surface area contributed by atoms with Crippen molar-refractivity contribution in [3.05, 3.63) is 24.3 Å². The molecule has 0 heterocycles. The van der Waals surface area contributed by atoms with Crippen molar-refractivity contribution >= 4 is 61.6 Å². The minimum Gasteiger partial charge on any atom is -0.550 e. The molecule has 45 heavy (non-hydrogen) atoms. The van der Waals surface area contributed by atoms with Crippen LogP contribution in [0.5, 0.6) is 0 Å². The van der Waals surface area contributed by atoms with Crippen molar-refractivity contribution in [3.63, 3.8) is 0 Å². The Morgan fingerprint density at radius 3 is 1.11 bits per heavy atom. The average molecular weight is 671 g/mol. The molecule has 0 spiro atoms. The molecule has 256 valence electrons. The summed E-state index contributed by atoms with van der Waals surface area (Å²) in [6.07, 6.45) is 16.1. The van der Waals surface area contributed by atoms with Crippen LogP contribution in [0, 0.1) is 0 Å². The third kappa shape index (κ3) is 29.6. The molecular formula is C32H58CaN2O10+2. The maximum atomic E-state index is 10.8. The average Bonchev–Trinajstić information content (AvgIpc) is 2.96. The summed E-state index contributed by atoms with van der Waals surface area (Å²) in [6.45, 7) is 7.29. The first-order valence-corrected chi connectivity index (χ1v) is 16.0. The summed E-state index contributed by atoms with van der Waals surface area (Å²) < 4.78 is 0.601. The van der Waals surface area contributed by atoms with Crippen molar-refractivity contribution in [2.75, 3.05) is 65.6 Å². The van der Waals surface area contributed by atoms with Gasteiger partial charge in [-0.1, -0.05) is 63.8 Å². The van der Waals surface area contributed by atoms with Crippen molar-refractivity contribution in [2.45, 2.75) is 90.9 Å². The van der Waals surface area contributed by atoms with Crippen molar-refractivity contribution in [1.82, 2.24) is 0 Å². The van der Waals surface area contributed by atoms with E-state index in [-0.39, 0.29) is 76.6 Å². The topological polar surface area (TPSA) is 195 Å². The van der Waals surface area contributed by atoms with E-state index in [4.69, 9.17) is 10.2 Å². The van der Waals surface area contributed by atoms with Gasteiger partial charge in [-0.05, 0) is 12.8 Å². The van der Waals surface area contributed by atoms with E-state index in [1.54, 1.807) is 0 Å². The van der Waals surface area contributed by atoms with E-state index in [9.17, 15) is 39.6 Å². The molecule has 13 heteroatoms. The zero-order valence-corrected chi connectivity index (χ0v) is 29.9. The number of aliphatic hydroxyl groups is 2. The summed E-state index contributed by atoms with van der Waals surface area (Å²) in [5, 5.41) is 57.7. The summed E-state index contributed by atoms with van der Waals surface area (Å²) in [7, 11) is 0. The second kappa shape index (κ2) is 31.1. The summed E-state index contributed by atoms with van der Waals surface area (Å²) in [4.78, 5) is 43.1. The van der Waals surface area contributed by atoms with Crippen LogP contribution in [0.1, 0.15) is 90.9 Å². The van der Waals surface area contributed by atoms with E-state index < -0.39 is 23.9 Å². The molecule has 0 aliphatic heterocycles. The van der Waals surface area contributed by atoms with Crippen LogP contribution in [0.15, 0.2) is 24.3 Å². The summed E-state index contributed by atoms with van der Waals surface area (Å²) in [6, 6.07) is 0. The summed E-state index contributed by atoms with van der Waals surface area (Å²) >= 11 is 0. The monoisotopic (exact) mass is 670 g/mol. The van der Waals surface area contributed by atoms with E-state index in [2.05, 4.69) is 38.2 Å². The normalized spacial score (nSPS) is 13.8. The Morgan fingerprint density at radius 2 is 0.844 bits per heavy atom. The predicted octanol–water partition coefficient (Wildman–Crippen LogP) is 0.713. The number of quaternary nitrogens is 2. The number of rotatable bonds is 28. The second-order valence-electron chi connectivity index (χ2n) is 11.3. The zero-order chi connectivity index (χ0) is 33.7. The van der Waals surface area contributed by atoms with Crippen LogP contribution in [0.2, 0.25) is 0 Å². The molecule has 0 aliphatic rings. The van der Waals surface area contributed by atoms with Crippen LogP contribution in [0.4, 0.5) is 0 Å². The molecule has 12 nitrogen and oxygen atoms in total. The molecule has 2 atom stereocenters.